The minimum absolute atomic E-state index is 0.621. The number of hydrogen-bond donors (Lipinski definition) is 0. The van der Waals surface area contributed by atoms with Crippen LogP contribution < -0.4 is 0 Å². The second-order valence-electron chi connectivity index (χ2n) is 15.5. The molecule has 11 aromatic rings. The van der Waals surface area contributed by atoms with E-state index in [0.717, 1.165) is 44.4 Å². The Kier molecular flexibility index (Phi) is 7.69. The minimum Gasteiger partial charge on any atom is -0.306 e. The van der Waals surface area contributed by atoms with Crippen molar-refractivity contribution in [3.05, 3.63) is 235 Å². The molecule has 0 spiro atoms. The van der Waals surface area contributed by atoms with E-state index in [2.05, 4.69) is 174 Å². The van der Waals surface area contributed by atoms with Crippen LogP contribution >= 0.6 is 0 Å². The van der Waals surface area contributed by atoms with Gasteiger partial charge in [0.05, 0.1) is 11.1 Å². The third-order valence-electron chi connectivity index (χ3n) is 12.1. The maximum absolute atomic E-state index is 5.37. The topological polar surface area (TPSA) is 56.0 Å². The van der Waals surface area contributed by atoms with Crippen molar-refractivity contribution in [2.45, 2.75) is 5.41 Å². The van der Waals surface area contributed by atoms with Crippen molar-refractivity contribution in [2.24, 2.45) is 0 Å². The van der Waals surface area contributed by atoms with Gasteiger partial charge in [-0.05, 0) is 85.3 Å². The van der Waals surface area contributed by atoms with Crippen LogP contribution in [0.5, 0.6) is 0 Å². The largest absolute Gasteiger partial charge is 0.306 e. The summed E-state index contributed by atoms with van der Waals surface area (Å²) in [6.07, 6.45) is 4.17. The molecule has 5 heteroatoms. The Balaban J connectivity index is 1.11. The van der Waals surface area contributed by atoms with Crippen LogP contribution in [0.1, 0.15) is 22.3 Å². The average Bonchev–Trinajstić information content (AvgIpc) is 3.89. The van der Waals surface area contributed by atoms with E-state index in [9.17, 15) is 0 Å². The molecule has 5 nitrogen and oxygen atoms in total. The Hall–Kier alpha value is -8.02. The highest BCUT2D eigenvalue weighted by atomic mass is 15.0. The van der Waals surface area contributed by atoms with Crippen LogP contribution in [-0.2, 0) is 5.41 Å². The fourth-order valence-electron chi connectivity index (χ4n) is 9.44. The van der Waals surface area contributed by atoms with Crippen molar-refractivity contribution < 1.29 is 0 Å². The molecule has 1 aliphatic rings. The molecule has 0 aliphatic heterocycles. The van der Waals surface area contributed by atoms with Crippen molar-refractivity contribution >= 4 is 27.2 Å². The highest BCUT2D eigenvalue weighted by Crippen LogP contribution is 2.57. The lowest BCUT2D eigenvalue weighted by atomic mass is 9.67. The van der Waals surface area contributed by atoms with E-state index in [1.165, 1.54) is 44.2 Å². The second kappa shape index (κ2) is 13.5. The predicted octanol–water partition coefficient (Wildman–Crippen LogP) is 12.9. The molecule has 0 N–H and O–H groups in total. The van der Waals surface area contributed by atoms with Gasteiger partial charge in [0, 0.05) is 34.6 Å². The summed E-state index contributed by atoms with van der Waals surface area (Å²) in [5.41, 5.74) is 12.2. The summed E-state index contributed by atoms with van der Waals surface area (Å²) < 4.78 is 2.08. The Bertz CT molecular complexity index is 3360. The molecule has 0 saturated carbocycles. The highest BCUT2D eigenvalue weighted by Gasteiger charge is 2.46. The lowest BCUT2D eigenvalue weighted by Crippen LogP contribution is -2.28. The normalized spacial score (nSPS) is 12.8. The molecule has 0 unspecified atom stereocenters. The third-order valence-corrected chi connectivity index (χ3v) is 12.1. The van der Waals surface area contributed by atoms with Crippen molar-refractivity contribution in [1.82, 2.24) is 24.3 Å². The fraction of sp³-hybridized carbons (Fsp3) is 0.0182. The van der Waals surface area contributed by atoms with E-state index in [0.29, 0.717) is 17.5 Å². The van der Waals surface area contributed by atoms with E-state index >= 15 is 0 Å². The Morgan fingerprint density at radius 3 is 1.62 bits per heavy atom. The Morgan fingerprint density at radius 1 is 0.367 bits per heavy atom. The molecule has 0 atom stereocenters. The lowest BCUT2D eigenvalue weighted by Gasteiger charge is -2.34. The monoisotopic (exact) mass is 765 g/mol. The van der Waals surface area contributed by atoms with E-state index in [4.69, 9.17) is 19.9 Å². The molecule has 1 aliphatic carbocycles. The Labute approximate surface area is 347 Å². The molecule has 8 aromatic carbocycles. The number of pyridine rings is 1. The van der Waals surface area contributed by atoms with Crippen LogP contribution in [0.2, 0.25) is 0 Å². The van der Waals surface area contributed by atoms with Gasteiger partial charge in [0.1, 0.15) is 5.65 Å². The van der Waals surface area contributed by atoms with Gasteiger partial charge in [-0.25, -0.2) is 19.9 Å². The summed E-state index contributed by atoms with van der Waals surface area (Å²) in [5.74, 6) is 1.89. The first kappa shape index (κ1) is 34.1. The first-order valence-electron chi connectivity index (χ1n) is 20.3. The molecule has 3 heterocycles. The van der Waals surface area contributed by atoms with Crippen molar-refractivity contribution in [2.75, 3.05) is 0 Å². The van der Waals surface area contributed by atoms with Gasteiger partial charge < -0.3 is 4.40 Å². The number of fused-ring (bicyclic) bond motifs is 7. The molecule has 0 radical (unpaired) electrons. The maximum atomic E-state index is 5.37. The molecule has 3 aromatic heterocycles. The molecule has 0 fully saturated rings. The fourth-order valence-corrected chi connectivity index (χ4v) is 9.44. The van der Waals surface area contributed by atoms with Crippen LogP contribution in [0.3, 0.4) is 0 Å². The average molecular weight is 766 g/mol. The minimum atomic E-state index is -0.648. The smallest absolute Gasteiger partial charge is 0.164 e. The molecule has 0 amide bonds. The van der Waals surface area contributed by atoms with Crippen LogP contribution in [0.4, 0.5) is 0 Å². The summed E-state index contributed by atoms with van der Waals surface area (Å²) in [6.45, 7) is 0. The number of imidazole rings is 1. The molecule has 0 saturated heterocycles. The van der Waals surface area contributed by atoms with Crippen molar-refractivity contribution in [3.8, 4) is 56.5 Å². The van der Waals surface area contributed by atoms with E-state index in [1.807, 2.05) is 42.6 Å². The van der Waals surface area contributed by atoms with Crippen LogP contribution in [0, 0.1) is 0 Å². The number of nitrogens with zero attached hydrogens (tertiary/aromatic N) is 5. The Morgan fingerprint density at radius 2 is 0.917 bits per heavy atom. The molecular weight excluding hydrogens is 731 g/mol. The van der Waals surface area contributed by atoms with Crippen LogP contribution in [-0.4, -0.2) is 24.3 Å². The SMILES string of the molecule is c1ccc(-c2nc(-c3ccc4c(c3)C(c3ccccc3)(c3ccccc3)c3cc(-c5cn6ccccc6n5)ccc3-4)nc(-c3cc4ccccc4c4ccccc34)n2)cc1. The van der Waals surface area contributed by atoms with Gasteiger partial charge in [0.2, 0.25) is 0 Å². The van der Waals surface area contributed by atoms with Gasteiger partial charge in [-0.3, -0.25) is 0 Å². The number of hydrogen-bond acceptors (Lipinski definition) is 4. The molecule has 0 bridgehead atoms. The van der Waals surface area contributed by atoms with Gasteiger partial charge in [-0.15, -0.1) is 0 Å². The zero-order chi connectivity index (χ0) is 39.6. The number of rotatable bonds is 6. The van der Waals surface area contributed by atoms with Gasteiger partial charge in [0.15, 0.2) is 17.5 Å². The van der Waals surface area contributed by atoms with Gasteiger partial charge in [-0.1, -0.05) is 170 Å². The zero-order valence-corrected chi connectivity index (χ0v) is 32.4. The van der Waals surface area contributed by atoms with E-state index in [-0.39, 0.29) is 0 Å². The van der Waals surface area contributed by atoms with Crippen LogP contribution in [0.15, 0.2) is 213 Å². The summed E-state index contributed by atoms with van der Waals surface area (Å²) >= 11 is 0. The number of benzene rings is 8. The molecule has 12 rings (SSSR count). The molecule has 60 heavy (non-hydrogen) atoms. The first-order valence-corrected chi connectivity index (χ1v) is 20.3. The van der Waals surface area contributed by atoms with E-state index < -0.39 is 5.41 Å². The van der Waals surface area contributed by atoms with Gasteiger partial charge >= 0.3 is 0 Å². The standard InChI is InChI=1S/C55H35N5/c1-4-16-36(17-5-1)52-57-53(59-54(58-52)47-32-37-18-10-11-23-42(37)43-24-12-13-25-44(43)47)39-28-30-46-45-29-27-38(50-35-60-31-15-14-26-51(60)56-50)33-48(45)55(49(46)34-39,40-19-6-2-7-20-40)41-21-8-3-9-22-41/h1-35H. The lowest BCUT2D eigenvalue weighted by molar-refractivity contribution is 0.769. The van der Waals surface area contributed by atoms with E-state index in [1.54, 1.807) is 0 Å². The first-order chi connectivity index (χ1) is 29.7. The maximum Gasteiger partial charge on any atom is 0.164 e. The van der Waals surface area contributed by atoms with Crippen molar-refractivity contribution in [3.63, 3.8) is 0 Å². The summed E-state index contributed by atoms with van der Waals surface area (Å²) in [4.78, 5) is 20.9. The summed E-state index contributed by atoms with van der Waals surface area (Å²) in [6, 6.07) is 71.1. The summed E-state index contributed by atoms with van der Waals surface area (Å²) in [5, 5.41) is 4.62. The van der Waals surface area contributed by atoms with Gasteiger partial charge in [0.25, 0.3) is 0 Å². The molecule has 280 valence electrons. The summed E-state index contributed by atoms with van der Waals surface area (Å²) in [7, 11) is 0. The zero-order valence-electron chi connectivity index (χ0n) is 32.4. The van der Waals surface area contributed by atoms with Crippen molar-refractivity contribution in [1.29, 1.82) is 0 Å². The predicted molar refractivity (Wildman–Crippen MR) is 243 cm³/mol. The van der Waals surface area contributed by atoms with Gasteiger partial charge in [-0.2, -0.15) is 0 Å². The quantitative estimate of drug-likeness (QED) is 0.158. The molecular formula is C55H35N5. The third kappa shape index (κ3) is 5.26. The van der Waals surface area contributed by atoms with Crippen LogP contribution in [0.25, 0.3) is 83.7 Å². The second-order valence-corrected chi connectivity index (χ2v) is 15.5. The number of aromatic nitrogens is 5. The highest BCUT2D eigenvalue weighted by molar-refractivity contribution is 6.13.